The van der Waals surface area contributed by atoms with Crippen molar-refractivity contribution in [3.05, 3.63) is 59.2 Å². The second-order valence-electron chi connectivity index (χ2n) is 24.4. The quantitative estimate of drug-likeness (QED) is 0.290. The number of hydrogen-bond acceptors (Lipinski definition) is 2. The van der Waals surface area contributed by atoms with E-state index in [9.17, 15) is 5.11 Å². The van der Waals surface area contributed by atoms with Crippen LogP contribution in [0.4, 0.5) is 5.69 Å². The minimum Gasteiger partial charge on any atom is -0.508 e. The molecule has 0 amide bonds. The first-order chi connectivity index (χ1) is 29.6. The fraction of sp³-hybridized carbons (Fsp3) is 0.621. The number of rotatable bonds is 1. The van der Waals surface area contributed by atoms with E-state index >= 15 is 0 Å². The van der Waals surface area contributed by atoms with E-state index in [-0.39, 0.29) is 16.9 Å². The first-order valence-corrected chi connectivity index (χ1v) is 24.8. The Hall–Kier alpha value is -4.16. The molecule has 14 fully saturated rings. The molecule has 2 heteroatoms. The summed E-state index contributed by atoms with van der Waals surface area (Å²) in [7, 11) is 0. The summed E-state index contributed by atoms with van der Waals surface area (Å²) in [4.78, 5) is 2.81. The van der Waals surface area contributed by atoms with Crippen molar-refractivity contribution in [2.45, 2.75) is 51.5 Å². The van der Waals surface area contributed by atoms with E-state index in [4.69, 9.17) is 0 Å². The third kappa shape index (κ3) is 2.87. The summed E-state index contributed by atoms with van der Waals surface area (Å²) in [5.74, 6) is 55.5. The second-order valence-corrected chi connectivity index (χ2v) is 24.4. The van der Waals surface area contributed by atoms with Crippen LogP contribution in [0, 0.1) is 218 Å². The fourth-order valence-electron chi connectivity index (χ4n) is 25.7. The Bertz CT molecular complexity index is 2780. The van der Waals surface area contributed by atoms with Crippen LogP contribution in [0.3, 0.4) is 0 Å². The minimum absolute atomic E-state index is 0.0223. The van der Waals surface area contributed by atoms with Crippen molar-refractivity contribution < 1.29 is 5.11 Å². The molecular weight excluding hydrogens is 727 g/mol. The van der Waals surface area contributed by atoms with Gasteiger partial charge in [0.25, 0.3) is 0 Å². The van der Waals surface area contributed by atoms with Crippen LogP contribution in [0.25, 0.3) is 0 Å². The summed E-state index contributed by atoms with van der Waals surface area (Å²) in [6, 6.07) is 8.35. The van der Waals surface area contributed by atoms with Gasteiger partial charge in [-0.2, -0.15) is 0 Å². The van der Waals surface area contributed by atoms with Crippen molar-refractivity contribution in [1.29, 1.82) is 0 Å². The van der Waals surface area contributed by atoms with Gasteiger partial charge < -0.3 is 10.0 Å². The average Bonchev–Trinajstić information content (AvgIpc) is 4.10. The molecule has 1 aromatic carbocycles. The van der Waals surface area contributed by atoms with Crippen LogP contribution >= 0.6 is 0 Å². The Balaban J connectivity index is 0.939. The van der Waals surface area contributed by atoms with Crippen molar-refractivity contribution in [1.82, 2.24) is 0 Å². The van der Waals surface area contributed by atoms with Crippen molar-refractivity contribution in [2.24, 2.45) is 159 Å². The Morgan fingerprint density at radius 3 is 1.85 bits per heavy atom. The molecule has 28 atom stereocenters. The van der Waals surface area contributed by atoms with Crippen molar-refractivity contribution >= 4 is 5.69 Å². The summed E-state index contributed by atoms with van der Waals surface area (Å²) >= 11 is 0. The van der Waals surface area contributed by atoms with Crippen LogP contribution in [-0.4, -0.2) is 17.7 Å². The molecule has 18 rings (SSSR count). The summed E-state index contributed by atoms with van der Waals surface area (Å²) in [5.41, 5.74) is 6.70. The number of aromatic hydroxyl groups is 1. The van der Waals surface area contributed by atoms with E-state index in [1.807, 2.05) is 17.7 Å². The number of benzene rings is 1. The highest BCUT2D eigenvalue weighted by Gasteiger charge is 2.92. The summed E-state index contributed by atoms with van der Waals surface area (Å²) in [5, 5.41) is 10.7. The minimum atomic E-state index is -0.0223. The van der Waals surface area contributed by atoms with E-state index in [0.29, 0.717) is 11.7 Å². The molecule has 16 aliphatic carbocycles. The molecular formula is C58H51NO. The largest absolute Gasteiger partial charge is 0.508 e. The Morgan fingerprint density at radius 1 is 0.550 bits per heavy atom. The molecule has 60 heavy (non-hydrogen) atoms. The van der Waals surface area contributed by atoms with Gasteiger partial charge in [-0.05, 0) is 276 Å². The summed E-state index contributed by atoms with van der Waals surface area (Å²) in [6.45, 7) is 2.87. The molecule has 2 nitrogen and oxygen atoms in total. The molecule has 1 aliphatic heterocycles. The second kappa shape index (κ2) is 9.73. The van der Waals surface area contributed by atoms with Gasteiger partial charge in [-0.1, -0.05) is 35.6 Å². The number of allylic oxidation sites excluding steroid dienone is 4. The Labute approximate surface area is 355 Å². The monoisotopic (exact) mass is 777 g/mol. The molecule has 17 aliphatic rings. The van der Waals surface area contributed by atoms with E-state index in [1.165, 1.54) is 18.5 Å². The number of phenols is 1. The van der Waals surface area contributed by atoms with Gasteiger partial charge >= 0.3 is 0 Å². The van der Waals surface area contributed by atoms with Gasteiger partial charge in [-0.15, -0.1) is 0 Å². The van der Waals surface area contributed by atoms with E-state index in [1.54, 1.807) is 43.8 Å². The molecule has 0 radical (unpaired) electrons. The topological polar surface area (TPSA) is 23.5 Å². The van der Waals surface area contributed by atoms with Gasteiger partial charge in [-0.3, -0.25) is 0 Å². The van der Waals surface area contributed by atoms with Gasteiger partial charge in [0, 0.05) is 23.1 Å². The molecule has 0 aromatic heterocycles. The van der Waals surface area contributed by atoms with Gasteiger partial charge in [0.2, 0.25) is 0 Å². The zero-order valence-electron chi connectivity index (χ0n) is 34.4. The lowest BCUT2D eigenvalue weighted by molar-refractivity contribution is -0.169. The molecule has 294 valence electrons. The van der Waals surface area contributed by atoms with Crippen LogP contribution in [0.2, 0.25) is 0 Å². The zero-order chi connectivity index (χ0) is 38.4. The predicted octanol–water partition coefficient (Wildman–Crippen LogP) is 8.33. The number of anilines is 1. The lowest BCUT2D eigenvalue weighted by Crippen LogP contribution is -2.66. The average molecular weight is 778 g/mol. The molecule has 2 spiro atoms. The van der Waals surface area contributed by atoms with Crippen molar-refractivity contribution in [3.63, 3.8) is 0 Å². The zero-order valence-corrected chi connectivity index (χ0v) is 34.4. The van der Waals surface area contributed by atoms with Crippen LogP contribution in [0.15, 0.2) is 59.2 Å². The van der Waals surface area contributed by atoms with Gasteiger partial charge in [0.15, 0.2) is 0 Å². The standard InChI is InChI=1S/C58H51NO/c1-2-3-4-5-6-7-8-9-10-11-37-58-34-23-32-21-29-17-27-19-30-18-26-16-28-20-31-22-33(24-34)57(58,25-59(37)35-12-14-36(60)15-13-35)55-43(31)47-40(28)38(26)45-42(30)46-39(27)41(29)48-44(32)56(58)54-52(48)50(46)49(45)51(47)53(54)55/h12-15,22-24,26-31,37-56,60H,16-21,25H2,1H3. The number of phenolic OH excluding ortho intramolecular Hbond substituents is 1. The van der Waals surface area contributed by atoms with Crippen molar-refractivity contribution in [2.75, 3.05) is 11.4 Å². The molecule has 0 bridgehead atoms. The third-order valence-electron chi connectivity index (χ3n) is 24.6. The van der Waals surface area contributed by atoms with Crippen LogP contribution in [0.1, 0.15) is 45.4 Å². The lowest BCUT2D eigenvalue weighted by Gasteiger charge is -2.66. The first kappa shape index (κ1) is 31.7. The van der Waals surface area contributed by atoms with Gasteiger partial charge in [0.1, 0.15) is 11.8 Å². The maximum absolute atomic E-state index is 10.7. The van der Waals surface area contributed by atoms with Crippen molar-refractivity contribution in [3.8, 4) is 65.0 Å². The maximum atomic E-state index is 10.7. The maximum Gasteiger partial charge on any atom is 0.115 e. The van der Waals surface area contributed by atoms with E-state index < -0.39 is 0 Å². The predicted molar refractivity (Wildman–Crippen MR) is 228 cm³/mol. The van der Waals surface area contributed by atoms with E-state index in [2.05, 4.69) is 94.5 Å². The van der Waals surface area contributed by atoms with E-state index in [0.717, 1.165) is 149 Å². The Kier molecular flexibility index (Phi) is 5.13. The molecule has 13 saturated carbocycles. The molecule has 1 saturated heterocycles. The SMILES string of the molecule is CC#CC#CC#CC#CC#CC1N(c2ccc(O)cc2)CC23C4=CC5CC6CC7CC8CC9CC%10CC%11=CC(=C4)C12C1C%11C2C%10C9C4C8C8C7C6C6C7C8C4C2C1C7C3C56. The summed E-state index contributed by atoms with van der Waals surface area (Å²) < 4.78 is 0. The van der Waals surface area contributed by atoms with Gasteiger partial charge in [-0.25, -0.2) is 0 Å². The highest BCUT2D eigenvalue weighted by Crippen LogP contribution is 2.95. The van der Waals surface area contributed by atoms with Crippen LogP contribution in [0.5, 0.6) is 5.75 Å². The van der Waals surface area contributed by atoms with Crippen LogP contribution < -0.4 is 4.90 Å². The van der Waals surface area contributed by atoms with Gasteiger partial charge in [0.05, 0.1) is 0 Å². The first-order valence-electron chi connectivity index (χ1n) is 24.8. The van der Waals surface area contributed by atoms with Crippen LogP contribution in [-0.2, 0) is 0 Å². The molecule has 28 unspecified atom stereocenters. The smallest absolute Gasteiger partial charge is 0.115 e. The summed E-state index contributed by atoms with van der Waals surface area (Å²) in [6.07, 6.45) is 18.1. The normalized spacial score (nSPS) is 61.1. The highest BCUT2D eigenvalue weighted by atomic mass is 16.3. The molecule has 1 heterocycles. The molecule has 1 aromatic rings. The number of nitrogens with zero attached hydrogens (tertiary/aromatic N) is 1. The molecule has 1 N–H and O–H groups in total. The Morgan fingerprint density at radius 2 is 1.12 bits per heavy atom. The third-order valence-corrected chi connectivity index (χ3v) is 24.6. The lowest BCUT2D eigenvalue weighted by atomic mass is 9.35. The number of hydrogen-bond donors (Lipinski definition) is 1. The fourth-order valence-corrected chi connectivity index (χ4v) is 25.7. The highest BCUT2D eigenvalue weighted by molar-refractivity contribution is 5.69.